The van der Waals surface area contributed by atoms with Crippen LogP contribution in [0.4, 0.5) is 22.0 Å². The van der Waals surface area contributed by atoms with Crippen molar-refractivity contribution in [3.63, 3.8) is 0 Å². The van der Waals surface area contributed by atoms with Crippen LogP contribution in [-0.2, 0) is 9.53 Å². The number of alkyl halides is 3. The van der Waals surface area contributed by atoms with E-state index in [0.717, 1.165) is 74.7 Å². The van der Waals surface area contributed by atoms with E-state index in [4.69, 9.17) is 9.73 Å². The van der Waals surface area contributed by atoms with Crippen molar-refractivity contribution in [1.29, 1.82) is 5.26 Å². The monoisotopic (exact) mass is 842 g/mol. The number of carbonyl (C=O) groups is 1. The first kappa shape index (κ1) is 49.3. The number of nitrogens with zero attached hydrogens (tertiary/aromatic N) is 4. The summed E-state index contributed by atoms with van der Waals surface area (Å²) in [6, 6.07) is 4.39. The first-order valence-corrected chi connectivity index (χ1v) is 21.7. The van der Waals surface area contributed by atoms with Gasteiger partial charge in [0.05, 0.1) is 15.8 Å². The van der Waals surface area contributed by atoms with Crippen molar-refractivity contribution in [2.75, 3.05) is 26.7 Å². The fourth-order valence-electron chi connectivity index (χ4n) is 7.60. The van der Waals surface area contributed by atoms with Crippen molar-refractivity contribution in [3.8, 4) is 6.07 Å². The average Bonchev–Trinajstić information content (AvgIpc) is 3.82. The summed E-state index contributed by atoms with van der Waals surface area (Å²) in [6.45, 7) is 24.6. The maximum atomic E-state index is 17.7. The van der Waals surface area contributed by atoms with Crippen LogP contribution in [0, 0.1) is 29.0 Å². The molecule has 0 saturated carbocycles. The van der Waals surface area contributed by atoms with Crippen molar-refractivity contribution in [2.24, 2.45) is 16.8 Å². The van der Waals surface area contributed by atoms with E-state index < -0.39 is 29.0 Å². The molecule has 0 amide bonds. The molecule has 2 heterocycles. The minimum Gasteiger partial charge on any atom is -0.476 e. The summed E-state index contributed by atoms with van der Waals surface area (Å²) in [5.74, 6) is -1.34. The smallest absolute Gasteiger partial charge is 0.417 e. The molecule has 3 atom stereocenters. The van der Waals surface area contributed by atoms with E-state index in [0.29, 0.717) is 29.5 Å². The first-order valence-electron chi connectivity index (χ1n) is 20.8. The molecule has 1 saturated heterocycles. The van der Waals surface area contributed by atoms with Gasteiger partial charge in [0.25, 0.3) is 0 Å². The standard InChI is InChI=1S/C43H57F5N4OS.C4H6O/c1-11-15-36(53-24-29-16-14-21-52(29)13-3)50-40-31(28(9)51(10)35(25(4)5)20-17-27(8)12-2)22-33(43(46,47)48)38(39(40)45)30-18-19-34(44)42-37(30)32(23-49)41(54-42)26(6)7;1-3-4(2)5/h15,18-19,22,25-27,29,35H,11-14,16-17,20-21,24H2,1-10H3;3H,1H2,2H3/b31-28+,36-15-,50-40+;. The number of aliphatic imine (C=N–C) groups is 1. The van der Waals surface area contributed by atoms with Gasteiger partial charge < -0.3 is 9.64 Å². The van der Waals surface area contributed by atoms with Crippen LogP contribution in [0.5, 0.6) is 0 Å². The summed E-state index contributed by atoms with van der Waals surface area (Å²) in [4.78, 5) is 19.2. The molecule has 2 aliphatic rings. The summed E-state index contributed by atoms with van der Waals surface area (Å²) in [5.41, 5.74) is -2.00. The molecule has 6 nitrogen and oxygen atoms in total. The molecule has 3 unspecified atom stereocenters. The molecule has 1 aliphatic carbocycles. The molecular formula is C47H63F5N4O2S. The molecule has 1 fully saturated rings. The van der Waals surface area contributed by atoms with Crippen LogP contribution in [0.15, 0.2) is 70.5 Å². The van der Waals surface area contributed by atoms with E-state index >= 15 is 22.0 Å². The number of ketones is 1. The Labute approximate surface area is 352 Å². The number of nitriles is 1. The van der Waals surface area contributed by atoms with Gasteiger partial charge in [-0.05, 0) is 107 Å². The Bertz CT molecular complexity index is 2010. The second-order valence-corrected chi connectivity index (χ2v) is 17.2. The number of ether oxygens (including phenoxy) is 1. The lowest BCUT2D eigenvalue weighted by molar-refractivity contribution is -0.112. The Kier molecular flexibility index (Phi) is 18.3. The number of allylic oxidation sites excluding steroid dienone is 8. The van der Waals surface area contributed by atoms with Crippen molar-refractivity contribution in [3.05, 3.63) is 87.3 Å². The van der Waals surface area contributed by atoms with Gasteiger partial charge in [-0.25, -0.2) is 13.8 Å². The molecule has 12 heteroatoms. The largest absolute Gasteiger partial charge is 0.476 e. The van der Waals surface area contributed by atoms with Crippen molar-refractivity contribution in [1.82, 2.24) is 9.80 Å². The van der Waals surface area contributed by atoms with Crippen LogP contribution in [0.2, 0.25) is 0 Å². The molecule has 324 valence electrons. The van der Waals surface area contributed by atoms with Gasteiger partial charge in [0.1, 0.15) is 24.2 Å². The molecule has 4 rings (SSSR count). The van der Waals surface area contributed by atoms with Gasteiger partial charge in [0, 0.05) is 46.2 Å². The number of halogens is 5. The molecule has 1 aliphatic heterocycles. The summed E-state index contributed by atoms with van der Waals surface area (Å²) in [5, 5.41) is 10.2. The predicted molar refractivity (Wildman–Crippen MR) is 233 cm³/mol. The summed E-state index contributed by atoms with van der Waals surface area (Å²) >= 11 is 1.01. The molecule has 1 aromatic heterocycles. The van der Waals surface area contributed by atoms with Crippen LogP contribution in [0.1, 0.15) is 130 Å². The predicted octanol–water partition coefficient (Wildman–Crippen LogP) is 13.2. The molecule has 59 heavy (non-hydrogen) atoms. The molecule has 0 N–H and O–H groups in total. The molecule has 1 aromatic carbocycles. The highest BCUT2D eigenvalue weighted by molar-refractivity contribution is 7.19. The van der Waals surface area contributed by atoms with E-state index in [1.807, 2.05) is 32.7 Å². The van der Waals surface area contributed by atoms with Crippen LogP contribution in [0.25, 0.3) is 15.7 Å². The normalized spacial score (nSPS) is 19.1. The zero-order valence-corrected chi connectivity index (χ0v) is 37.6. The van der Waals surface area contributed by atoms with Gasteiger partial charge in [-0.2, -0.15) is 18.4 Å². The molecule has 0 spiro atoms. The Morgan fingerprint density at radius 2 is 1.80 bits per heavy atom. The van der Waals surface area contributed by atoms with Gasteiger partial charge in [0.15, 0.2) is 11.6 Å². The summed E-state index contributed by atoms with van der Waals surface area (Å²) in [7, 11) is 1.85. The number of likely N-dealkylation sites (N-methyl/N-ethyl adjacent to an activating group) is 1. The van der Waals surface area contributed by atoms with Gasteiger partial charge in [-0.15, -0.1) is 11.3 Å². The maximum Gasteiger partial charge on any atom is 0.417 e. The Morgan fingerprint density at radius 1 is 1.14 bits per heavy atom. The number of hydrogen-bond donors (Lipinski definition) is 0. The lowest BCUT2D eigenvalue weighted by Gasteiger charge is -2.36. The maximum absolute atomic E-state index is 17.7. The van der Waals surface area contributed by atoms with E-state index in [1.54, 1.807) is 13.0 Å². The van der Waals surface area contributed by atoms with Crippen molar-refractivity contribution < 1.29 is 31.5 Å². The topological polar surface area (TPSA) is 68.9 Å². The molecule has 0 bridgehead atoms. The highest BCUT2D eigenvalue weighted by atomic mass is 32.1. The average molecular weight is 843 g/mol. The van der Waals surface area contributed by atoms with E-state index in [-0.39, 0.29) is 68.1 Å². The highest BCUT2D eigenvalue weighted by Gasteiger charge is 2.43. The Balaban J connectivity index is 0.00000175. The number of thiophene rings is 1. The van der Waals surface area contributed by atoms with Crippen LogP contribution in [-0.4, -0.2) is 66.3 Å². The van der Waals surface area contributed by atoms with E-state index in [9.17, 15) is 10.1 Å². The molecular weight excluding hydrogens is 780 g/mol. The lowest BCUT2D eigenvalue weighted by Crippen LogP contribution is -2.36. The third-order valence-electron chi connectivity index (χ3n) is 11.3. The number of fused-ring (bicyclic) bond motifs is 1. The summed E-state index contributed by atoms with van der Waals surface area (Å²) in [6.07, 6.45) is 4.17. The summed E-state index contributed by atoms with van der Waals surface area (Å²) < 4.78 is 85.5. The number of hydrogen-bond acceptors (Lipinski definition) is 7. The Morgan fingerprint density at radius 3 is 2.32 bits per heavy atom. The minimum atomic E-state index is -5.01. The number of benzene rings is 1. The van der Waals surface area contributed by atoms with Gasteiger partial charge in [0.2, 0.25) is 5.88 Å². The fraction of sp³-hybridized carbons (Fsp3) is 0.553. The van der Waals surface area contributed by atoms with E-state index in [2.05, 4.69) is 52.2 Å². The Hall–Kier alpha value is -4.08. The fourth-order valence-corrected chi connectivity index (χ4v) is 8.79. The van der Waals surface area contributed by atoms with Gasteiger partial charge in [-0.1, -0.05) is 74.5 Å². The van der Waals surface area contributed by atoms with Crippen LogP contribution in [0.3, 0.4) is 0 Å². The highest BCUT2D eigenvalue weighted by Crippen LogP contribution is 2.49. The van der Waals surface area contributed by atoms with Crippen LogP contribution < -0.4 is 0 Å². The van der Waals surface area contributed by atoms with Crippen molar-refractivity contribution in [2.45, 2.75) is 132 Å². The van der Waals surface area contributed by atoms with Crippen LogP contribution >= 0.6 is 11.3 Å². The zero-order valence-electron chi connectivity index (χ0n) is 36.7. The second-order valence-electron chi connectivity index (χ2n) is 16.1. The van der Waals surface area contributed by atoms with Crippen molar-refractivity contribution >= 4 is 38.5 Å². The SMILES string of the molecule is C=CC(C)=O.CC/C=C(/N=C1/C(F)=C(c2ccc(F)c3sc(C(C)C)c(C#N)c23)C(C(F)(F)F)=C/C1=C(/C)N(C)C(CCC(C)CC)C(C)C)OCC1CCCN1CC. The number of rotatable bonds is 16. The zero-order chi connectivity index (χ0) is 44.4. The quantitative estimate of drug-likeness (QED) is 0.0956. The minimum absolute atomic E-state index is 0.00558. The number of likely N-dealkylation sites (tertiary alicyclic amines) is 1. The van der Waals surface area contributed by atoms with Gasteiger partial charge >= 0.3 is 6.18 Å². The second kappa shape index (κ2) is 22.0. The first-order chi connectivity index (χ1) is 27.8. The van der Waals surface area contributed by atoms with E-state index in [1.165, 1.54) is 13.0 Å². The third kappa shape index (κ3) is 12.0. The lowest BCUT2D eigenvalue weighted by atomic mass is 9.84. The number of carbonyl (C=O) groups excluding carboxylic acids is 1. The molecule has 0 radical (unpaired) electrons. The third-order valence-corrected chi connectivity index (χ3v) is 12.8. The van der Waals surface area contributed by atoms with Gasteiger partial charge in [-0.3, -0.25) is 9.69 Å². The molecule has 2 aromatic rings.